The molecule has 5 nitrogen and oxygen atoms in total. The van der Waals surface area contributed by atoms with Gasteiger partial charge < -0.3 is 10.0 Å². The maximum absolute atomic E-state index is 11.3. The maximum atomic E-state index is 11.3. The van der Waals surface area contributed by atoms with Crippen LogP contribution in [-0.2, 0) is 0 Å². The number of hydrogen-bond donors (Lipinski definition) is 3. The highest BCUT2D eigenvalue weighted by Gasteiger charge is 2.21. The largest absolute Gasteiger partial charge is 0.478 e. The molecule has 98 valence electrons. The van der Waals surface area contributed by atoms with Crippen molar-refractivity contribution in [2.45, 2.75) is 19.8 Å². The molecule has 0 unspecified atom stereocenters. The van der Waals surface area contributed by atoms with Crippen molar-refractivity contribution in [2.75, 3.05) is 23.5 Å². The van der Waals surface area contributed by atoms with Crippen molar-refractivity contribution in [2.24, 2.45) is 5.92 Å². The number of piperidine rings is 1. The van der Waals surface area contributed by atoms with E-state index in [4.69, 9.17) is 5.21 Å². The van der Waals surface area contributed by atoms with E-state index < -0.39 is 5.97 Å². The molecule has 1 aliphatic heterocycles. The molecule has 5 heteroatoms. The number of anilines is 2. The van der Waals surface area contributed by atoms with Crippen LogP contribution in [-0.4, -0.2) is 29.4 Å². The number of carbonyl (C=O) groups is 1. The van der Waals surface area contributed by atoms with Gasteiger partial charge in [0.15, 0.2) is 0 Å². The van der Waals surface area contributed by atoms with Gasteiger partial charge in [0.25, 0.3) is 0 Å². The first-order valence-corrected chi connectivity index (χ1v) is 6.14. The lowest BCUT2D eigenvalue weighted by Gasteiger charge is -2.33. The molecule has 1 aromatic rings. The minimum absolute atomic E-state index is 0.226. The number of aromatic carboxylic acids is 1. The van der Waals surface area contributed by atoms with Crippen LogP contribution in [0, 0.1) is 5.92 Å². The van der Waals surface area contributed by atoms with Gasteiger partial charge >= 0.3 is 5.97 Å². The first-order chi connectivity index (χ1) is 8.61. The molecule has 3 N–H and O–H groups in total. The molecule has 1 saturated heterocycles. The van der Waals surface area contributed by atoms with E-state index in [1.807, 2.05) is 5.48 Å². The predicted octanol–water partition coefficient (Wildman–Crippen LogP) is 2.42. The van der Waals surface area contributed by atoms with Gasteiger partial charge in [0.1, 0.15) is 0 Å². The van der Waals surface area contributed by atoms with Gasteiger partial charge in [-0.05, 0) is 37.0 Å². The first kappa shape index (κ1) is 12.7. The molecule has 0 atom stereocenters. The van der Waals surface area contributed by atoms with Gasteiger partial charge in [-0.1, -0.05) is 6.92 Å². The van der Waals surface area contributed by atoms with Gasteiger partial charge in [-0.3, -0.25) is 10.7 Å². The first-order valence-electron chi connectivity index (χ1n) is 6.14. The van der Waals surface area contributed by atoms with E-state index in [0.717, 1.165) is 31.6 Å². The Hall–Kier alpha value is -1.75. The van der Waals surface area contributed by atoms with Crippen molar-refractivity contribution in [1.82, 2.24) is 0 Å². The number of hydrogen-bond acceptors (Lipinski definition) is 4. The number of rotatable bonds is 3. The van der Waals surface area contributed by atoms with Crippen LogP contribution in [0.1, 0.15) is 30.1 Å². The quantitative estimate of drug-likeness (QED) is 0.718. The lowest BCUT2D eigenvalue weighted by atomic mass is 9.98. The van der Waals surface area contributed by atoms with Gasteiger partial charge in [-0.15, -0.1) is 0 Å². The van der Waals surface area contributed by atoms with Crippen LogP contribution in [0.25, 0.3) is 0 Å². The predicted molar refractivity (Wildman–Crippen MR) is 69.4 cm³/mol. The van der Waals surface area contributed by atoms with Crippen molar-refractivity contribution >= 4 is 17.3 Å². The van der Waals surface area contributed by atoms with E-state index in [9.17, 15) is 9.90 Å². The number of nitrogens with one attached hydrogen (secondary N) is 1. The summed E-state index contributed by atoms with van der Waals surface area (Å²) in [6.07, 6.45) is 2.16. The van der Waals surface area contributed by atoms with Crippen molar-refractivity contribution in [1.29, 1.82) is 0 Å². The summed E-state index contributed by atoms with van der Waals surface area (Å²) in [7, 11) is 0. The highest BCUT2D eigenvalue weighted by Crippen LogP contribution is 2.28. The molecule has 0 aliphatic carbocycles. The van der Waals surface area contributed by atoms with Crippen LogP contribution in [0.2, 0.25) is 0 Å². The molecule has 1 aliphatic rings. The monoisotopic (exact) mass is 250 g/mol. The molecule has 2 rings (SSSR count). The summed E-state index contributed by atoms with van der Waals surface area (Å²) in [6, 6.07) is 4.88. The third kappa shape index (κ3) is 2.56. The Balaban J connectivity index is 2.29. The van der Waals surface area contributed by atoms with E-state index in [1.54, 1.807) is 12.1 Å². The Labute approximate surface area is 106 Å². The fourth-order valence-electron chi connectivity index (χ4n) is 2.30. The second-order valence-corrected chi connectivity index (χ2v) is 4.82. The van der Waals surface area contributed by atoms with Gasteiger partial charge in [0.2, 0.25) is 0 Å². The van der Waals surface area contributed by atoms with E-state index in [-0.39, 0.29) is 5.56 Å². The molecule has 18 heavy (non-hydrogen) atoms. The highest BCUT2D eigenvalue weighted by molar-refractivity contribution is 5.95. The lowest BCUT2D eigenvalue weighted by molar-refractivity contribution is 0.0697. The van der Waals surface area contributed by atoms with E-state index in [2.05, 4.69) is 11.8 Å². The van der Waals surface area contributed by atoms with Gasteiger partial charge in [0.05, 0.1) is 16.9 Å². The Kier molecular flexibility index (Phi) is 3.72. The average molecular weight is 250 g/mol. The van der Waals surface area contributed by atoms with Gasteiger partial charge in [-0.2, -0.15) is 0 Å². The molecule has 1 aromatic carbocycles. The zero-order valence-corrected chi connectivity index (χ0v) is 10.4. The molecule has 0 bridgehead atoms. The fraction of sp³-hybridized carbons (Fsp3) is 0.462. The van der Waals surface area contributed by atoms with Crippen LogP contribution < -0.4 is 10.4 Å². The van der Waals surface area contributed by atoms with E-state index >= 15 is 0 Å². The molecule has 0 amide bonds. The highest BCUT2D eigenvalue weighted by atomic mass is 16.5. The topological polar surface area (TPSA) is 72.8 Å². The SMILES string of the molecule is CC1CCN(c2ccc(NO)cc2C(=O)O)CC1. The van der Waals surface area contributed by atoms with Crippen molar-refractivity contribution in [3.8, 4) is 0 Å². The van der Waals surface area contributed by atoms with Crippen LogP contribution in [0.4, 0.5) is 11.4 Å². The molecule has 0 saturated carbocycles. The summed E-state index contributed by atoms with van der Waals surface area (Å²) < 4.78 is 0. The minimum atomic E-state index is -0.972. The second kappa shape index (κ2) is 5.27. The van der Waals surface area contributed by atoms with Crippen LogP contribution in [0.5, 0.6) is 0 Å². The zero-order chi connectivity index (χ0) is 13.1. The Morgan fingerprint density at radius 3 is 2.61 bits per heavy atom. The summed E-state index contributed by atoms with van der Waals surface area (Å²) in [5.74, 6) is -0.270. The summed E-state index contributed by atoms with van der Waals surface area (Å²) >= 11 is 0. The van der Waals surface area contributed by atoms with E-state index in [1.165, 1.54) is 6.07 Å². The van der Waals surface area contributed by atoms with Crippen molar-refractivity contribution in [3.05, 3.63) is 23.8 Å². The summed E-state index contributed by atoms with van der Waals surface area (Å²) in [6.45, 7) is 3.98. The van der Waals surface area contributed by atoms with Crippen LogP contribution in [0.15, 0.2) is 18.2 Å². The zero-order valence-electron chi connectivity index (χ0n) is 10.4. The molecule has 1 fully saturated rings. The Morgan fingerprint density at radius 1 is 1.39 bits per heavy atom. The molecular weight excluding hydrogens is 232 g/mol. The second-order valence-electron chi connectivity index (χ2n) is 4.82. The number of carboxylic acids is 1. The average Bonchev–Trinajstić information content (AvgIpc) is 2.39. The fourth-order valence-corrected chi connectivity index (χ4v) is 2.30. The standard InChI is InChI=1S/C13H18N2O3/c1-9-4-6-15(7-5-9)12-3-2-10(14-18)8-11(12)13(16)17/h2-3,8-9,14,18H,4-7H2,1H3,(H,16,17). The van der Waals surface area contributed by atoms with Crippen LogP contribution in [0.3, 0.4) is 0 Å². The molecule has 1 heterocycles. The molecule has 0 radical (unpaired) electrons. The minimum Gasteiger partial charge on any atom is -0.478 e. The molecule has 0 aromatic heterocycles. The van der Waals surface area contributed by atoms with E-state index in [0.29, 0.717) is 11.6 Å². The number of nitrogens with zero attached hydrogens (tertiary/aromatic N) is 1. The van der Waals surface area contributed by atoms with Gasteiger partial charge in [0, 0.05) is 13.1 Å². The van der Waals surface area contributed by atoms with Crippen LogP contribution >= 0.6 is 0 Å². The Morgan fingerprint density at radius 2 is 2.06 bits per heavy atom. The summed E-state index contributed by atoms with van der Waals surface area (Å²) in [5, 5.41) is 18.1. The van der Waals surface area contributed by atoms with Crippen molar-refractivity contribution in [3.63, 3.8) is 0 Å². The van der Waals surface area contributed by atoms with Gasteiger partial charge in [-0.25, -0.2) is 4.79 Å². The summed E-state index contributed by atoms with van der Waals surface area (Å²) in [5.41, 5.74) is 3.32. The third-order valence-electron chi connectivity index (χ3n) is 3.48. The lowest BCUT2D eigenvalue weighted by Crippen LogP contribution is -2.33. The third-order valence-corrected chi connectivity index (χ3v) is 3.48. The smallest absolute Gasteiger partial charge is 0.337 e. The summed E-state index contributed by atoms with van der Waals surface area (Å²) in [4.78, 5) is 13.4. The molecular formula is C13H18N2O3. The van der Waals surface area contributed by atoms with Crippen molar-refractivity contribution < 1.29 is 15.1 Å². The Bertz CT molecular complexity index is 440. The number of carboxylic acid groups (broad SMARTS) is 1. The maximum Gasteiger partial charge on any atom is 0.337 e. The molecule has 0 spiro atoms. The number of benzene rings is 1. The normalized spacial score (nSPS) is 16.7.